The molecule has 0 atom stereocenters. The lowest BCUT2D eigenvalue weighted by Gasteiger charge is -2.41. The van der Waals surface area contributed by atoms with Crippen molar-refractivity contribution in [1.82, 2.24) is 0 Å². The number of hydrogen-bond acceptors (Lipinski definition) is 2. The zero-order valence-corrected chi connectivity index (χ0v) is 17.0. The molecule has 2 aliphatic rings. The Labute approximate surface area is 182 Å². The standard InChI is InChI=1S/C25H19F3N2O2/c26-16-4-6-17(7-5-16)29-24(32)25(12-1-13-25)15-2-8-18(9-3-15)30-14-19-20(27)10-11-21(28)22(19)23(30)31/h2-11H,1,12-14H2,(H,29,32). The molecule has 4 nitrogen and oxygen atoms in total. The second-order valence-electron chi connectivity index (χ2n) is 8.22. The molecule has 7 heteroatoms. The molecule has 32 heavy (non-hydrogen) atoms. The van der Waals surface area contributed by atoms with Gasteiger partial charge in [-0.25, -0.2) is 13.2 Å². The minimum atomic E-state index is -0.739. The van der Waals surface area contributed by atoms with E-state index >= 15 is 0 Å². The third-order valence-corrected chi connectivity index (χ3v) is 6.46. The second-order valence-corrected chi connectivity index (χ2v) is 8.22. The summed E-state index contributed by atoms with van der Waals surface area (Å²) in [6.07, 6.45) is 2.24. The molecule has 0 bridgehead atoms. The third kappa shape index (κ3) is 3.16. The fraction of sp³-hybridized carbons (Fsp3) is 0.200. The number of benzene rings is 3. The van der Waals surface area contributed by atoms with Gasteiger partial charge in [0, 0.05) is 16.9 Å². The van der Waals surface area contributed by atoms with Crippen LogP contribution in [0.3, 0.4) is 0 Å². The highest BCUT2D eigenvalue weighted by atomic mass is 19.1. The summed E-state index contributed by atoms with van der Waals surface area (Å²) in [6, 6.07) is 14.5. The Balaban J connectivity index is 1.39. The summed E-state index contributed by atoms with van der Waals surface area (Å²) in [6.45, 7) is -0.0483. The first-order valence-corrected chi connectivity index (χ1v) is 10.4. The predicted molar refractivity (Wildman–Crippen MR) is 114 cm³/mol. The van der Waals surface area contributed by atoms with Crippen LogP contribution in [-0.4, -0.2) is 11.8 Å². The molecule has 3 aromatic rings. The number of amides is 2. The van der Waals surface area contributed by atoms with Gasteiger partial charge in [-0.05, 0) is 66.9 Å². The van der Waals surface area contributed by atoms with Crippen molar-refractivity contribution in [3.63, 3.8) is 0 Å². The lowest BCUT2D eigenvalue weighted by molar-refractivity contribution is -0.124. The van der Waals surface area contributed by atoms with Crippen LogP contribution in [0.1, 0.15) is 40.7 Å². The zero-order chi connectivity index (χ0) is 22.5. The normalized spacial score (nSPS) is 16.5. The summed E-state index contributed by atoms with van der Waals surface area (Å²) in [5, 5.41) is 2.86. The summed E-state index contributed by atoms with van der Waals surface area (Å²) in [4.78, 5) is 27.1. The molecule has 5 rings (SSSR count). The van der Waals surface area contributed by atoms with E-state index in [-0.39, 0.29) is 29.4 Å². The van der Waals surface area contributed by atoms with E-state index in [9.17, 15) is 22.8 Å². The Morgan fingerprint density at radius 3 is 2.12 bits per heavy atom. The van der Waals surface area contributed by atoms with Crippen LogP contribution in [0.4, 0.5) is 24.5 Å². The Hall–Kier alpha value is -3.61. The van der Waals surface area contributed by atoms with E-state index in [0.717, 1.165) is 24.1 Å². The van der Waals surface area contributed by atoms with Crippen molar-refractivity contribution in [2.45, 2.75) is 31.2 Å². The van der Waals surface area contributed by atoms with Crippen LogP contribution in [0.5, 0.6) is 0 Å². The van der Waals surface area contributed by atoms with Crippen LogP contribution in [0.2, 0.25) is 0 Å². The molecular weight excluding hydrogens is 417 g/mol. The highest BCUT2D eigenvalue weighted by Gasteiger charge is 2.45. The summed E-state index contributed by atoms with van der Waals surface area (Å²) in [5.74, 6) is -2.49. The molecule has 1 fully saturated rings. The molecule has 1 N–H and O–H groups in total. The zero-order valence-electron chi connectivity index (χ0n) is 17.0. The molecule has 0 saturated heterocycles. The van der Waals surface area contributed by atoms with Gasteiger partial charge < -0.3 is 10.2 Å². The molecule has 162 valence electrons. The lowest BCUT2D eigenvalue weighted by Crippen LogP contribution is -2.46. The molecule has 2 amide bonds. The van der Waals surface area contributed by atoms with Crippen LogP contribution in [0, 0.1) is 17.5 Å². The van der Waals surface area contributed by atoms with Crippen molar-refractivity contribution < 1.29 is 22.8 Å². The topological polar surface area (TPSA) is 49.4 Å². The maximum atomic E-state index is 14.1. The first kappa shape index (κ1) is 20.3. The molecule has 1 heterocycles. The van der Waals surface area contributed by atoms with Gasteiger partial charge in [0.25, 0.3) is 5.91 Å². The van der Waals surface area contributed by atoms with Crippen LogP contribution < -0.4 is 10.2 Å². The summed E-state index contributed by atoms with van der Waals surface area (Å²) >= 11 is 0. The largest absolute Gasteiger partial charge is 0.325 e. The Kier molecular flexibility index (Phi) is 4.77. The van der Waals surface area contributed by atoms with Crippen LogP contribution in [0.15, 0.2) is 60.7 Å². The highest BCUT2D eigenvalue weighted by molar-refractivity contribution is 6.10. The number of halogens is 3. The van der Waals surface area contributed by atoms with Crippen molar-refractivity contribution >= 4 is 23.2 Å². The van der Waals surface area contributed by atoms with E-state index in [1.807, 2.05) is 0 Å². The van der Waals surface area contributed by atoms with Gasteiger partial charge in [-0.15, -0.1) is 0 Å². The van der Waals surface area contributed by atoms with Gasteiger partial charge in [-0.3, -0.25) is 9.59 Å². The monoisotopic (exact) mass is 436 g/mol. The second kappa shape index (κ2) is 7.51. The van der Waals surface area contributed by atoms with Crippen molar-refractivity contribution in [3.8, 4) is 0 Å². The van der Waals surface area contributed by atoms with E-state index in [4.69, 9.17) is 0 Å². The minimum Gasteiger partial charge on any atom is -0.325 e. The molecule has 0 radical (unpaired) electrons. The van der Waals surface area contributed by atoms with Gasteiger partial charge in [-0.1, -0.05) is 18.6 Å². The number of carbonyl (C=O) groups is 2. The molecular formula is C25H19F3N2O2. The van der Waals surface area contributed by atoms with Gasteiger partial charge in [0.15, 0.2) is 0 Å². The molecule has 0 unspecified atom stereocenters. The van der Waals surface area contributed by atoms with Crippen molar-refractivity contribution in [2.75, 3.05) is 10.2 Å². The van der Waals surface area contributed by atoms with Crippen molar-refractivity contribution in [3.05, 3.63) is 94.8 Å². The molecule has 0 aromatic heterocycles. The van der Waals surface area contributed by atoms with Gasteiger partial charge >= 0.3 is 0 Å². The average molecular weight is 436 g/mol. The highest BCUT2D eigenvalue weighted by Crippen LogP contribution is 2.45. The summed E-state index contributed by atoms with van der Waals surface area (Å²) in [7, 11) is 0. The maximum absolute atomic E-state index is 14.1. The average Bonchev–Trinajstić information content (AvgIpc) is 3.11. The molecule has 1 aliphatic heterocycles. The van der Waals surface area contributed by atoms with Crippen LogP contribution >= 0.6 is 0 Å². The van der Waals surface area contributed by atoms with Crippen LogP contribution in [-0.2, 0) is 16.8 Å². The number of anilines is 2. The molecule has 3 aromatic carbocycles. The van der Waals surface area contributed by atoms with Gasteiger partial charge in [0.1, 0.15) is 17.5 Å². The Bertz CT molecular complexity index is 1220. The van der Waals surface area contributed by atoms with E-state index in [2.05, 4.69) is 5.32 Å². The maximum Gasteiger partial charge on any atom is 0.262 e. The number of fused-ring (bicyclic) bond motifs is 1. The molecule has 0 spiro atoms. The van der Waals surface area contributed by atoms with E-state index in [1.54, 1.807) is 24.3 Å². The van der Waals surface area contributed by atoms with Gasteiger partial charge in [0.05, 0.1) is 17.5 Å². The SMILES string of the molecule is O=C1c2c(F)ccc(F)c2CN1c1ccc(C2(C(=O)Nc3ccc(F)cc3)CCC2)cc1. The van der Waals surface area contributed by atoms with Gasteiger partial charge in [-0.2, -0.15) is 0 Å². The number of hydrogen-bond donors (Lipinski definition) is 1. The third-order valence-electron chi connectivity index (χ3n) is 6.46. The first-order valence-electron chi connectivity index (χ1n) is 10.4. The predicted octanol–water partition coefficient (Wildman–Crippen LogP) is 5.32. The number of carbonyl (C=O) groups excluding carboxylic acids is 2. The number of rotatable bonds is 4. The van der Waals surface area contributed by atoms with E-state index in [1.165, 1.54) is 29.2 Å². The Morgan fingerprint density at radius 2 is 1.53 bits per heavy atom. The fourth-order valence-electron chi connectivity index (χ4n) is 4.47. The summed E-state index contributed by atoms with van der Waals surface area (Å²) < 4.78 is 41.3. The fourth-order valence-corrected chi connectivity index (χ4v) is 4.47. The molecule has 1 aliphatic carbocycles. The van der Waals surface area contributed by atoms with E-state index in [0.29, 0.717) is 24.2 Å². The van der Waals surface area contributed by atoms with Crippen LogP contribution in [0.25, 0.3) is 0 Å². The minimum absolute atomic E-state index is 0.0483. The quantitative estimate of drug-likeness (QED) is 0.602. The van der Waals surface area contributed by atoms with Crippen molar-refractivity contribution in [2.24, 2.45) is 0 Å². The number of nitrogens with one attached hydrogen (secondary N) is 1. The van der Waals surface area contributed by atoms with E-state index < -0.39 is 23.0 Å². The van der Waals surface area contributed by atoms with Gasteiger partial charge in [0.2, 0.25) is 5.91 Å². The smallest absolute Gasteiger partial charge is 0.262 e. The van der Waals surface area contributed by atoms with Crippen molar-refractivity contribution in [1.29, 1.82) is 0 Å². The summed E-state index contributed by atoms with van der Waals surface area (Å²) in [5.41, 5.74) is 0.930. The molecule has 1 saturated carbocycles. The number of nitrogens with zero attached hydrogens (tertiary/aromatic N) is 1. The Morgan fingerprint density at radius 1 is 0.875 bits per heavy atom. The first-order chi connectivity index (χ1) is 15.4. The lowest BCUT2D eigenvalue weighted by atomic mass is 9.63.